The Labute approximate surface area is 73.4 Å². The van der Waals surface area contributed by atoms with E-state index in [1.165, 1.54) is 0 Å². The van der Waals surface area contributed by atoms with Gasteiger partial charge in [0.2, 0.25) is 0 Å². The molecule has 0 rings (SSSR count). The summed E-state index contributed by atoms with van der Waals surface area (Å²) in [5, 5.41) is 0.669. The maximum Gasteiger partial charge on any atom is 0.0116 e. The first-order chi connectivity index (χ1) is 5.31. The molecule has 0 fully saturated rings. The van der Waals surface area contributed by atoms with E-state index >= 15 is 0 Å². The minimum absolute atomic E-state index is 0.645. The molecular formula is C8H18N2S. The van der Waals surface area contributed by atoms with Crippen LogP contribution in [0, 0.1) is 0 Å². The molecule has 0 aromatic heterocycles. The van der Waals surface area contributed by atoms with Crippen LogP contribution < -0.4 is 11.5 Å². The van der Waals surface area contributed by atoms with E-state index in [4.69, 9.17) is 11.5 Å². The van der Waals surface area contributed by atoms with E-state index in [1.807, 2.05) is 17.8 Å². The lowest BCUT2D eigenvalue weighted by Crippen LogP contribution is -2.07. The van der Waals surface area contributed by atoms with Gasteiger partial charge in [0.1, 0.15) is 0 Å². The van der Waals surface area contributed by atoms with E-state index in [0.717, 1.165) is 18.7 Å². The van der Waals surface area contributed by atoms with Crippen molar-refractivity contribution in [3.63, 3.8) is 0 Å². The van der Waals surface area contributed by atoms with Crippen molar-refractivity contribution in [1.82, 2.24) is 0 Å². The molecule has 0 saturated heterocycles. The zero-order chi connectivity index (χ0) is 8.53. The number of hydrogen-bond acceptors (Lipinski definition) is 3. The molecule has 0 spiro atoms. The van der Waals surface area contributed by atoms with Crippen LogP contribution in [0.2, 0.25) is 0 Å². The van der Waals surface area contributed by atoms with Crippen molar-refractivity contribution < 1.29 is 0 Å². The van der Waals surface area contributed by atoms with E-state index in [9.17, 15) is 0 Å². The average molecular weight is 174 g/mol. The molecule has 0 amide bonds. The Bertz CT molecular complexity index is 104. The first kappa shape index (κ1) is 11.0. The Morgan fingerprint density at radius 3 is 2.64 bits per heavy atom. The Hall–Kier alpha value is 0.01000. The third kappa shape index (κ3) is 7.91. The van der Waals surface area contributed by atoms with Crippen LogP contribution in [0.3, 0.4) is 0 Å². The molecule has 0 bridgehead atoms. The van der Waals surface area contributed by atoms with Crippen molar-refractivity contribution in [1.29, 1.82) is 0 Å². The normalized spacial score (nSPS) is 14.1. The van der Waals surface area contributed by atoms with Gasteiger partial charge in [0, 0.05) is 17.5 Å². The zero-order valence-corrected chi connectivity index (χ0v) is 7.94. The van der Waals surface area contributed by atoms with Gasteiger partial charge in [0.05, 0.1) is 0 Å². The van der Waals surface area contributed by atoms with Crippen LogP contribution in [0.25, 0.3) is 0 Å². The van der Waals surface area contributed by atoms with Gasteiger partial charge >= 0.3 is 0 Å². The molecule has 4 N–H and O–H groups in total. The van der Waals surface area contributed by atoms with Crippen molar-refractivity contribution in [2.45, 2.75) is 18.6 Å². The molecule has 0 aliphatic carbocycles. The summed E-state index contributed by atoms with van der Waals surface area (Å²) < 4.78 is 0. The molecule has 11 heavy (non-hydrogen) atoms. The molecule has 0 aliphatic rings. The van der Waals surface area contributed by atoms with Gasteiger partial charge in [-0.15, -0.1) is 0 Å². The van der Waals surface area contributed by atoms with Gasteiger partial charge < -0.3 is 11.5 Å². The minimum Gasteiger partial charge on any atom is -0.330 e. The predicted octanol–water partition coefficient (Wildman–Crippen LogP) is 0.972. The lowest BCUT2D eigenvalue weighted by molar-refractivity contribution is 0.824. The van der Waals surface area contributed by atoms with Gasteiger partial charge in [-0.3, -0.25) is 0 Å². The van der Waals surface area contributed by atoms with Gasteiger partial charge in [-0.2, -0.15) is 11.8 Å². The number of hydrogen-bond donors (Lipinski definition) is 2. The van der Waals surface area contributed by atoms with Gasteiger partial charge in [-0.05, 0) is 13.0 Å². The largest absolute Gasteiger partial charge is 0.330 e. The standard InChI is InChI=1S/C8H18N2S/c1-8(4-6-10)11-7-3-2-5-9/h2-3,8H,4-7,9-10H2,1H3. The first-order valence-corrected chi connectivity index (χ1v) is 5.03. The third-order valence-electron chi connectivity index (χ3n) is 1.35. The van der Waals surface area contributed by atoms with Crippen LogP contribution in [0.1, 0.15) is 13.3 Å². The fourth-order valence-corrected chi connectivity index (χ4v) is 1.58. The Morgan fingerprint density at radius 2 is 2.09 bits per heavy atom. The quantitative estimate of drug-likeness (QED) is 0.590. The fourth-order valence-electron chi connectivity index (χ4n) is 0.702. The molecule has 0 radical (unpaired) electrons. The average Bonchev–Trinajstić information content (AvgIpc) is 1.99. The zero-order valence-electron chi connectivity index (χ0n) is 7.12. The maximum atomic E-state index is 5.41. The van der Waals surface area contributed by atoms with Crippen molar-refractivity contribution in [3.8, 4) is 0 Å². The van der Waals surface area contributed by atoms with Crippen molar-refractivity contribution >= 4 is 11.8 Å². The molecule has 1 unspecified atom stereocenters. The van der Waals surface area contributed by atoms with Gasteiger partial charge in [0.15, 0.2) is 0 Å². The summed E-state index contributed by atoms with van der Waals surface area (Å²) in [5.74, 6) is 1.05. The summed E-state index contributed by atoms with van der Waals surface area (Å²) in [6.07, 6.45) is 5.20. The van der Waals surface area contributed by atoms with Gasteiger partial charge in [0.25, 0.3) is 0 Å². The molecule has 2 nitrogen and oxygen atoms in total. The molecule has 66 valence electrons. The second-order valence-electron chi connectivity index (χ2n) is 2.43. The lowest BCUT2D eigenvalue weighted by atomic mass is 10.3. The van der Waals surface area contributed by atoms with Gasteiger partial charge in [-0.1, -0.05) is 19.1 Å². The van der Waals surface area contributed by atoms with Crippen molar-refractivity contribution in [2.75, 3.05) is 18.8 Å². The fraction of sp³-hybridized carbons (Fsp3) is 0.750. The predicted molar refractivity (Wildman–Crippen MR) is 53.8 cm³/mol. The van der Waals surface area contributed by atoms with Crippen LogP contribution in [0.5, 0.6) is 0 Å². The SMILES string of the molecule is CC(CCN)SCC=CCN. The number of rotatable bonds is 6. The number of nitrogens with two attached hydrogens (primary N) is 2. The Balaban J connectivity index is 3.16. The van der Waals surface area contributed by atoms with Crippen LogP contribution in [0.4, 0.5) is 0 Å². The highest BCUT2D eigenvalue weighted by molar-refractivity contribution is 8.00. The van der Waals surface area contributed by atoms with Crippen LogP contribution >= 0.6 is 11.8 Å². The maximum absolute atomic E-state index is 5.41. The highest BCUT2D eigenvalue weighted by atomic mass is 32.2. The smallest absolute Gasteiger partial charge is 0.0116 e. The summed E-state index contributed by atoms with van der Waals surface area (Å²) in [6.45, 7) is 3.63. The Kier molecular flexibility index (Phi) is 8.12. The van der Waals surface area contributed by atoms with Crippen molar-refractivity contribution in [2.24, 2.45) is 11.5 Å². The summed E-state index contributed by atoms with van der Waals surface area (Å²) in [7, 11) is 0. The molecule has 0 aromatic rings. The highest BCUT2D eigenvalue weighted by Gasteiger charge is 1.97. The van der Waals surface area contributed by atoms with Crippen molar-refractivity contribution in [3.05, 3.63) is 12.2 Å². The monoisotopic (exact) mass is 174 g/mol. The number of thioether (sulfide) groups is 1. The van der Waals surface area contributed by atoms with E-state index in [-0.39, 0.29) is 0 Å². The molecule has 0 aromatic carbocycles. The Morgan fingerprint density at radius 1 is 1.36 bits per heavy atom. The topological polar surface area (TPSA) is 52.0 Å². The summed E-state index contributed by atoms with van der Waals surface area (Å²) in [6, 6.07) is 0. The molecule has 0 saturated carbocycles. The molecule has 0 aliphatic heterocycles. The summed E-state index contributed by atoms with van der Waals surface area (Å²) >= 11 is 1.92. The highest BCUT2D eigenvalue weighted by Crippen LogP contribution is 2.12. The van der Waals surface area contributed by atoms with E-state index in [2.05, 4.69) is 13.0 Å². The lowest BCUT2D eigenvalue weighted by Gasteiger charge is -2.06. The van der Waals surface area contributed by atoms with Gasteiger partial charge in [-0.25, -0.2) is 0 Å². The summed E-state index contributed by atoms with van der Waals surface area (Å²) in [5.41, 5.74) is 10.7. The third-order valence-corrected chi connectivity index (χ3v) is 2.54. The van der Waals surface area contributed by atoms with E-state index in [0.29, 0.717) is 11.8 Å². The van der Waals surface area contributed by atoms with Crippen LogP contribution in [-0.4, -0.2) is 24.1 Å². The first-order valence-electron chi connectivity index (χ1n) is 3.98. The van der Waals surface area contributed by atoms with Crippen LogP contribution in [-0.2, 0) is 0 Å². The molecule has 1 atom stereocenters. The van der Waals surface area contributed by atoms with E-state index in [1.54, 1.807) is 0 Å². The van der Waals surface area contributed by atoms with E-state index < -0.39 is 0 Å². The second-order valence-corrected chi connectivity index (χ2v) is 3.90. The molecule has 0 heterocycles. The molecular weight excluding hydrogens is 156 g/mol. The minimum atomic E-state index is 0.645. The second kappa shape index (κ2) is 8.11. The summed E-state index contributed by atoms with van der Waals surface area (Å²) in [4.78, 5) is 0. The van der Waals surface area contributed by atoms with Crippen LogP contribution in [0.15, 0.2) is 12.2 Å². The molecule has 3 heteroatoms.